The molecule has 0 unspecified atom stereocenters. The number of Topliss-reactive ketones (excluding diaryl/α,β-unsaturated/α-hetero) is 1. The highest BCUT2D eigenvalue weighted by Crippen LogP contribution is 2.22. The summed E-state index contributed by atoms with van der Waals surface area (Å²) in [5, 5.41) is 11.1. The maximum Gasteiger partial charge on any atom is 0.159 e. The minimum Gasteiger partial charge on any atom is -0.508 e. The van der Waals surface area contributed by atoms with Crippen molar-refractivity contribution in [2.45, 2.75) is 6.92 Å². The Morgan fingerprint density at radius 2 is 1.71 bits per heavy atom. The van der Waals surface area contributed by atoms with E-state index in [9.17, 15) is 9.90 Å². The molecule has 1 heterocycles. The molecule has 0 amide bonds. The highest BCUT2D eigenvalue weighted by molar-refractivity contribution is 5.94. The molecule has 21 heavy (non-hydrogen) atoms. The van der Waals surface area contributed by atoms with Gasteiger partial charge in [0.25, 0.3) is 0 Å². The summed E-state index contributed by atoms with van der Waals surface area (Å²) in [7, 11) is 0. The van der Waals surface area contributed by atoms with E-state index < -0.39 is 0 Å². The Kier molecular flexibility index (Phi) is 3.33. The smallest absolute Gasteiger partial charge is 0.159 e. The molecule has 2 aromatic rings. The van der Waals surface area contributed by atoms with E-state index in [2.05, 4.69) is 11.0 Å². The highest BCUT2D eigenvalue weighted by atomic mass is 16.3. The first-order valence-electron chi connectivity index (χ1n) is 6.56. The van der Waals surface area contributed by atoms with E-state index in [-0.39, 0.29) is 11.5 Å². The monoisotopic (exact) mass is 281 g/mol. The Morgan fingerprint density at radius 1 is 1.05 bits per heavy atom. The van der Waals surface area contributed by atoms with Gasteiger partial charge in [-0.2, -0.15) is 0 Å². The van der Waals surface area contributed by atoms with Crippen molar-refractivity contribution in [2.24, 2.45) is 0 Å². The Labute approximate surface area is 122 Å². The Balaban J connectivity index is 1.82. The molecule has 0 saturated carbocycles. The molecule has 5 nitrogen and oxygen atoms in total. The van der Waals surface area contributed by atoms with Crippen molar-refractivity contribution in [3.63, 3.8) is 0 Å². The molecule has 3 N–H and O–H groups in total. The van der Waals surface area contributed by atoms with Crippen LogP contribution in [0.3, 0.4) is 0 Å². The van der Waals surface area contributed by atoms with Gasteiger partial charge >= 0.3 is 0 Å². The number of hydrogen-bond donors (Lipinski definition) is 3. The molecule has 3 rings (SSSR count). The van der Waals surface area contributed by atoms with Crippen LogP contribution in [0.1, 0.15) is 22.8 Å². The number of phenolic OH excluding ortho intramolecular Hbond substituents is 1. The predicted octanol–water partition coefficient (Wildman–Crippen LogP) is 2.42. The van der Waals surface area contributed by atoms with E-state index in [1.54, 1.807) is 19.1 Å². The molecular formula is C16H15N3O2. The summed E-state index contributed by atoms with van der Waals surface area (Å²) in [5.74, 6) is 0.286. The first kappa shape index (κ1) is 13.2. The number of carbonyl (C=O) groups is 1. The number of phenols is 1. The minimum absolute atomic E-state index is 0.0544. The van der Waals surface area contributed by atoms with Crippen LogP contribution in [0.2, 0.25) is 0 Å². The summed E-state index contributed by atoms with van der Waals surface area (Å²) in [6.45, 7) is 1.55. The Morgan fingerprint density at radius 3 is 2.33 bits per heavy atom. The third-order valence-electron chi connectivity index (χ3n) is 3.30. The molecule has 0 fully saturated rings. The van der Waals surface area contributed by atoms with Gasteiger partial charge in [0.05, 0.1) is 11.4 Å². The zero-order chi connectivity index (χ0) is 14.8. The lowest BCUT2D eigenvalue weighted by Gasteiger charge is -2.14. The molecule has 0 atom stereocenters. The maximum atomic E-state index is 11.3. The number of benzene rings is 2. The van der Waals surface area contributed by atoms with Gasteiger partial charge < -0.3 is 10.5 Å². The SMILES string of the molecule is CC(=O)c1ccc(C2=CN(c3ccc(O)cc3)NN2)cc1. The largest absolute Gasteiger partial charge is 0.508 e. The summed E-state index contributed by atoms with van der Waals surface area (Å²) in [4.78, 5) is 11.3. The Hall–Kier alpha value is -2.79. The van der Waals surface area contributed by atoms with Gasteiger partial charge in [-0.15, -0.1) is 5.53 Å². The second-order valence-electron chi connectivity index (χ2n) is 4.80. The third kappa shape index (κ3) is 2.73. The quantitative estimate of drug-likeness (QED) is 0.754. The summed E-state index contributed by atoms with van der Waals surface area (Å²) in [6.07, 6.45) is 1.91. The van der Waals surface area contributed by atoms with Gasteiger partial charge in [-0.3, -0.25) is 9.80 Å². The minimum atomic E-state index is 0.0544. The van der Waals surface area contributed by atoms with Crippen LogP contribution >= 0.6 is 0 Å². The van der Waals surface area contributed by atoms with Crippen LogP contribution in [0.4, 0.5) is 5.69 Å². The van der Waals surface area contributed by atoms with Crippen LogP contribution in [0.5, 0.6) is 5.75 Å². The first-order chi connectivity index (χ1) is 10.1. The van der Waals surface area contributed by atoms with Crippen molar-refractivity contribution in [3.8, 4) is 5.75 Å². The molecule has 1 aliphatic heterocycles. The van der Waals surface area contributed by atoms with Crippen LogP contribution in [-0.2, 0) is 0 Å². The standard InChI is InChI=1S/C16H15N3O2/c1-11(20)12-2-4-13(5-3-12)16-10-19(18-17-16)14-6-8-15(21)9-7-14/h2-10,17-18,21H,1H3. The number of aromatic hydroxyl groups is 1. The van der Waals surface area contributed by atoms with Crippen molar-refractivity contribution in [2.75, 3.05) is 5.01 Å². The van der Waals surface area contributed by atoms with Gasteiger partial charge in [0.2, 0.25) is 0 Å². The normalized spacial score (nSPS) is 13.8. The summed E-state index contributed by atoms with van der Waals surface area (Å²) < 4.78 is 0. The van der Waals surface area contributed by atoms with Crippen molar-refractivity contribution in [3.05, 3.63) is 65.9 Å². The lowest BCUT2D eigenvalue weighted by molar-refractivity contribution is 0.101. The number of hydrazine groups is 2. The fraction of sp³-hybridized carbons (Fsp3) is 0.0625. The number of anilines is 1. The van der Waals surface area contributed by atoms with E-state index in [1.807, 2.05) is 47.6 Å². The van der Waals surface area contributed by atoms with Crippen molar-refractivity contribution in [1.82, 2.24) is 11.0 Å². The number of rotatable bonds is 3. The second kappa shape index (κ2) is 5.30. The van der Waals surface area contributed by atoms with E-state index in [0.717, 1.165) is 16.9 Å². The van der Waals surface area contributed by atoms with Crippen molar-refractivity contribution >= 4 is 17.2 Å². The van der Waals surface area contributed by atoms with E-state index in [4.69, 9.17) is 0 Å². The fourth-order valence-electron chi connectivity index (χ4n) is 2.10. The number of nitrogens with zero attached hydrogens (tertiary/aromatic N) is 1. The summed E-state index contributed by atoms with van der Waals surface area (Å²) in [6, 6.07) is 14.3. The zero-order valence-electron chi connectivity index (χ0n) is 11.5. The molecule has 0 saturated heterocycles. The van der Waals surface area contributed by atoms with Gasteiger partial charge in [0.1, 0.15) is 5.75 Å². The van der Waals surface area contributed by atoms with Crippen molar-refractivity contribution < 1.29 is 9.90 Å². The first-order valence-corrected chi connectivity index (χ1v) is 6.56. The number of ketones is 1. The van der Waals surface area contributed by atoms with Gasteiger partial charge in [-0.1, -0.05) is 24.3 Å². The number of hydrogen-bond acceptors (Lipinski definition) is 5. The molecule has 5 heteroatoms. The molecule has 2 aromatic carbocycles. The lowest BCUT2D eigenvalue weighted by Crippen LogP contribution is -2.36. The fourth-order valence-corrected chi connectivity index (χ4v) is 2.10. The lowest BCUT2D eigenvalue weighted by atomic mass is 10.1. The third-order valence-corrected chi connectivity index (χ3v) is 3.30. The van der Waals surface area contributed by atoms with Gasteiger partial charge in [-0.25, -0.2) is 0 Å². The zero-order valence-corrected chi connectivity index (χ0v) is 11.5. The van der Waals surface area contributed by atoms with Crippen LogP contribution in [0, 0.1) is 0 Å². The molecule has 0 spiro atoms. The van der Waals surface area contributed by atoms with Gasteiger partial charge in [0.15, 0.2) is 5.78 Å². The average molecular weight is 281 g/mol. The van der Waals surface area contributed by atoms with Crippen LogP contribution < -0.4 is 16.0 Å². The van der Waals surface area contributed by atoms with Crippen LogP contribution in [-0.4, -0.2) is 10.9 Å². The molecule has 0 bridgehead atoms. The van der Waals surface area contributed by atoms with Crippen molar-refractivity contribution in [1.29, 1.82) is 0 Å². The molecule has 0 aliphatic carbocycles. The summed E-state index contributed by atoms with van der Waals surface area (Å²) >= 11 is 0. The second-order valence-corrected chi connectivity index (χ2v) is 4.80. The molecule has 1 aliphatic rings. The van der Waals surface area contributed by atoms with Crippen LogP contribution in [0.25, 0.3) is 5.70 Å². The number of carbonyl (C=O) groups excluding carboxylic acids is 1. The highest BCUT2D eigenvalue weighted by Gasteiger charge is 2.14. The average Bonchev–Trinajstić information content (AvgIpc) is 2.98. The van der Waals surface area contributed by atoms with Gasteiger partial charge in [0, 0.05) is 17.3 Å². The molecule has 106 valence electrons. The van der Waals surface area contributed by atoms with Gasteiger partial charge in [-0.05, 0) is 31.2 Å². The number of nitrogens with one attached hydrogen (secondary N) is 2. The molecule has 0 aromatic heterocycles. The molecular weight excluding hydrogens is 266 g/mol. The maximum absolute atomic E-state index is 11.3. The Bertz CT molecular complexity index is 690. The van der Waals surface area contributed by atoms with E-state index >= 15 is 0 Å². The van der Waals surface area contributed by atoms with E-state index in [1.165, 1.54) is 0 Å². The topological polar surface area (TPSA) is 64.6 Å². The summed E-state index contributed by atoms with van der Waals surface area (Å²) in [5.41, 5.74) is 9.57. The predicted molar refractivity (Wildman–Crippen MR) is 81.3 cm³/mol. The van der Waals surface area contributed by atoms with E-state index in [0.29, 0.717) is 5.56 Å². The van der Waals surface area contributed by atoms with Crippen LogP contribution in [0.15, 0.2) is 54.7 Å². The molecule has 0 radical (unpaired) electrons.